The molecule has 0 aromatic carbocycles. The van der Waals surface area contributed by atoms with E-state index in [2.05, 4.69) is 0 Å². The van der Waals surface area contributed by atoms with Crippen LogP contribution in [-0.2, 0) is 33.5 Å². The van der Waals surface area contributed by atoms with Gasteiger partial charge in [-0.2, -0.15) is 4.33 Å². The summed E-state index contributed by atoms with van der Waals surface area (Å²) in [5, 5.41) is 0. The lowest BCUT2D eigenvalue weighted by Crippen LogP contribution is -2.35. The lowest BCUT2D eigenvalue weighted by atomic mass is 10.3. The van der Waals surface area contributed by atoms with E-state index in [1.807, 2.05) is 0 Å². The highest BCUT2D eigenvalue weighted by atomic mass is 32.2. The Balaban J connectivity index is 4.00. The van der Waals surface area contributed by atoms with E-state index in [1.165, 1.54) is 0 Å². The summed E-state index contributed by atoms with van der Waals surface area (Å²) in [5.41, 5.74) is 0. The lowest BCUT2D eigenvalue weighted by Gasteiger charge is -2.17. The van der Waals surface area contributed by atoms with Crippen LogP contribution in [0.2, 0.25) is 0 Å². The Kier molecular flexibility index (Phi) is 12.7. The standard InChI is InChI=1S/C14H27NO8S2/c1-5-20-13(16)8-6-9-21-14(17)15(4)25(18,19)11-7-10-24-23-22-12(2)3/h12H,5-11H2,1-4H3. The van der Waals surface area contributed by atoms with Crippen LogP contribution in [0.1, 0.15) is 40.0 Å². The second-order valence-electron chi connectivity index (χ2n) is 5.20. The van der Waals surface area contributed by atoms with Crippen molar-refractivity contribution < 1.29 is 36.7 Å². The summed E-state index contributed by atoms with van der Waals surface area (Å²) in [7, 11) is -2.63. The zero-order valence-corrected chi connectivity index (χ0v) is 16.7. The van der Waals surface area contributed by atoms with Gasteiger partial charge in [0.15, 0.2) is 0 Å². The van der Waals surface area contributed by atoms with Gasteiger partial charge in [0.2, 0.25) is 10.0 Å². The van der Waals surface area contributed by atoms with Crippen molar-refractivity contribution in [2.24, 2.45) is 0 Å². The highest BCUT2D eigenvalue weighted by Gasteiger charge is 2.24. The SMILES string of the molecule is CCOC(=O)CCCOC(=O)N(C)S(=O)(=O)CCCSOOC(C)C. The molecule has 11 heteroatoms. The Morgan fingerprint density at radius 2 is 1.84 bits per heavy atom. The Morgan fingerprint density at radius 3 is 2.44 bits per heavy atom. The Hall–Kier alpha value is -1.04. The number of amides is 1. The molecule has 0 saturated carbocycles. The van der Waals surface area contributed by atoms with Crippen molar-refractivity contribution in [1.82, 2.24) is 4.31 Å². The van der Waals surface area contributed by atoms with E-state index < -0.39 is 16.1 Å². The van der Waals surface area contributed by atoms with Crippen molar-refractivity contribution in [1.29, 1.82) is 0 Å². The van der Waals surface area contributed by atoms with Crippen molar-refractivity contribution in [3.05, 3.63) is 0 Å². The average Bonchev–Trinajstić information content (AvgIpc) is 2.53. The number of nitrogens with zero attached hydrogens (tertiary/aromatic N) is 1. The molecule has 0 atom stereocenters. The van der Waals surface area contributed by atoms with Crippen LogP contribution >= 0.6 is 12.0 Å². The van der Waals surface area contributed by atoms with E-state index in [-0.39, 0.29) is 50.3 Å². The molecule has 0 aliphatic rings. The summed E-state index contributed by atoms with van der Waals surface area (Å²) in [6.07, 6.45) is -0.401. The van der Waals surface area contributed by atoms with Crippen molar-refractivity contribution in [2.45, 2.75) is 46.1 Å². The fourth-order valence-corrected chi connectivity index (χ4v) is 3.18. The summed E-state index contributed by atoms with van der Waals surface area (Å²) in [6, 6.07) is 0. The minimum absolute atomic E-state index is 0.0618. The number of carbonyl (C=O) groups is 2. The minimum Gasteiger partial charge on any atom is -0.466 e. The molecule has 9 nitrogen and oxygen atoms in total. The maximum Gasteiger partial charge on any atom is 0.423 e. The maximum absolute atomic E-state index is 12.0. The first kappa shape index (κ1) is 24.0. The molecule has 0 spiro atoms. The third-order valence-corrected chi connectivity index (χ3v) is 5.06. The zero-order valence-electron chi connectivity index (χ0n) is 15.1. The van der Waals surface area contributed by atoms with Crippen molar-refractivity contribution in [3.8, 4) is 0 Å². The van der Waals surface area contributed by atoms with Gasteiger partial charge in [-0.25, -0.2) is 22.4 Å². The number of hydrogen-bond donors (Lipinski definition) is 0. The van der Waals surface area contributed by atoms with Gasteiger partial charge in [0.1, 0.15) is 0 Å². The van der Waals surface area contributed by atoms with Crippen molar-refractivity contribution in [3.63, 3.8) is 0 Å². The van der Waals surface area contributed by atoms with E-state index in [0.29, 0.717) is 10.1 Å². The number of rotatable bonds is 13. The number of sulfonamides is 1. The molecule has 0 unspecified atom stereocenters. The molecule has 0 bridgehead atoms. The molecule has 0 fully saturated rings. The topological polar surface area (TPSA) is 108 Å². The lowest BCUT2D eigenvalue weighted by molar-refractivity contribution is -0.220. The fraction of sp³-hybridized carbons (Fsp3) is 0.857. The van der Waals surface area contributed by atoms with Gasteiger partial charge in [0.05, 0.1) is 25.1 Å². The van der Waals surface area contributed by atoms with Crippen LogP contribution in [0.15, 0.2) is 0 Å². The van der Waals surface area contributed by atoms with Crippen LogP contribution in [0.25, 0.3) is 0 Å². The monoisotopic (exact) mass is 401 g/mol. The zero-order chi connectivity index (χ0) is 19.3. The van der Waals surface area contributed by atoms with E-state index in [1.54, 1.807) is 20.8 Å². The van der Waals surface area contributed by atoms with Crippen LogP contribution < -0.4 is 0 Å². The summed E-state index contributed by atoms with van der Waals surface area (Å²) >= 11 is 1.00. The molecule has 0 aromatic rings. The normalized spacial score (nSPS) is 11.4. The molecule has 0 heterocycles. The first-order valence-corrected chi connectivity index (χ1v) is 10.5. The Labute approximate surface area is 153 Å². The quantitative estimate of drug-likeness (QED) is 0.151. The van der Waals surface area contributed by atoms with E-state index >= 15 is 0 Å². The van der Waals surface area contributed by atoms with Gasteiger partial charge in [0, 0.05) is 31.3 Å². The summed E-state index contributed by atoms with van der Waals surface area (Å²) in [4.78, 5) is 27.7. The van der Waals surface area contributed by atoms with E-state index in [9.17, 15) is 18.0 Å². The second kappa shape index (κ2) is 13.2. The molecular weight excluding hydrogens is 374 g/mol. The Morgan fingerprint density at radius 1 is 1.16 bits per heavy atom. The second-order valence-corrected chi connectivity index (χ2v) is 8.09. The molecule has 0 radical (unpaired) electrons. The number of hydrogen-bond acceptors (Lipinski definition) is 9. The van der Waals surface area contributed by atoms with Gasteiger partial charge in [-0.1, -0.05) is 0 Å². The third-order valence-electron chi connectivity index (χ3n) is 2.64. The van der Waals surface area contributed by atoms with E-state index in [0.717, 1.165) is 19.1 Å². The molecule has 0 saturated heterocycles. The van der Waals surface area contributed by atoms with Gasteiger partial charge in [-0.05, 0) is 33.6 Å². The number of ether oxygens (including phenoxy) is 2. The third kappa shape index (κ3) is 12.0. The van der Waals surface area contributed by atoms with Gasteiger partial charge in [-0.3, -0.25) is 4.79 Å². The molecule has 0 aliphatic carbocycles. The highest BCUT2D eigenvalue weighted by Crippen LogP contribution is 2.10. The summed E-state index contributed by atoms with van der Waals surface area (Å²) in [5.74, 6) is -0.214. The molecular formula is C14H27NO8S2. The van der Waals surface area contributed by atoms with Crippen LogP contribution in [0.4, 0.5) is 4.79 Å². The van der Waals surface area contributed by atoms with Gasteiger partial charge < -0.3 is 9.47 Å². The van der Waals surface area contributed by atoms with E-state index in [4.69, 9.17) is 18.7 Å². The summed E-state index contributed by atoms with van der Waals surface area (Å²) < 4.78 is 38.9. The van der Waals surface area contributed by atoms with Crippen molar-refractivity contribution >= 4 is 34.1 Å². The highest BCUT2D eigenvalue weighted by molar-refractivity contribution is 7.94. The predicted octanol–water partition coefficient (Wildman–Crippen LogP) is 2.12. The number of esters is 1. The van der Waals surface area contributed by atoms with Crippen molar-refractivity contribution in [2.75, 3.05) is 31.8 Å². The molecule has 0 N–H and O–H groups in total. The molecule has 148 valence electrons. The van der Waals surface area contributed by atoms with Gasteiger partial charge in [-0.15, -0.1) is 0 Å². The van der Waals surface area contributed by atoms with Crippen LogP contribution in [-0.4, -0.2) is 62.7 Å². The predicted molar refractivity (Wildman–Crippen MR) is 93.1 cm³/mol. The van der Waals surface area contributed by atoms with Gasteiger partial charge in [0.25, 0.3) is 0 Å². The molecule has 0 aliphatic heterocycles. The first-order chi connectivity index (χ1) is 11.7. The maximum atomic E-state index is 12.0. The Bertz CT molecular complexity index is 495. The molecule has 0 rings (SSSR count). The molecule has 0 aromatic heterocycles. The minimum atomic E-state index is -3.77. The van der Waals surface area contributed by atoms with Crippen LogP contribution in [0, 0.1) is 0 Å². The van der Waals surface area contributed by atoms with Gasteiger partial charge >= 0.3 is 12.1 Å². The largest absolute Gasteiger partial charge is 0.466 e. The summed E-state index contributed by atoms with van der Waals surface area (Å²) in [6.45, 7) is 5.52. The average molecular weight is 402 g/mol. The molecule has 1 amide bonds. The molecule has 25 heavy (non-hydrogen) atoms. The van der Waals surface area contributed by atoms with Crippen LogP contribution in [0.3, 0.4) is 0 Å². The van der Waals surface area contributed by atoms with Crippen LogP contribution in [0.5, 0.6) is 0 Å². The first-order valence-electron chi connectivity index (χ1n) is 7.94. The number of carbonyl (C=O) groups excluding carboxylic acids is 2. The smallest absolute Gasteiger partial charge is 0.423 e. The fourth-order valence-electron chi connectivity index (χ4n) is 1.39.